The van der Waals surface area contributed by atoms with E-state index in [0.29, 0.717) is 11.5 Å². The number of ether oxygens (including phenoxy) is 1. The number of benzene rings is 2. The van der Waals surface area contributed by atoms with Gasteiger partial charge in [-0.2, -0.15) is 0 Å². The average molecular weight is 553 g/mol. The first kappa shape index (κ1) is 19.3. The zero-order valence-electron chi connectivity index (χ0n) is 13.1. The normalized spacial score (nSPS) is 12.0. The van der Waals surface area contributed by atoms with E-state index in [4.69, 9.17) is 15.6 Å². The maximum Gasteiger partial charge on any atom is 0.320 e. The third-order valence-electron chi connectivity index (χ3n) is 3.75. The van der Waals surface area contributed by atoms with Gasteiger partial charge in [0.1, 0.15) is 17.5 Å². The minimum Gasteiger partial charge on any atom is -0.508 e. The minimum atomic E-state index is -1.02. The van der Waals surface area contributed by atoms with Crippen molar-refractivity contribution >= 4 is 51.2 Å². The fourth-order valence-corrected chi connectivity index (χ4v) is 4.29. The molecule has 1 atom stereocenters. The zero-order chi connectivity index (χ0) is 18.0. The number of phenols is 1. The Balaban J connectivity index is 2.32. The molecule has 0 fully saturated rings. The average Bonchev–Trinajstić information content (AvgIpc) is 2.50. The smallest absolute Gasteiger partial charge is 0.320 e. The van der Waals surface area contributed by atoms with Crippen molar-refractivity contribution in [3.63, 3.8) is 0 Å². The van der Waals surface area contributed by atoms with Crippen LogP contribution in [0.5, 0.6) is 17.2 Å². The Hall–Kier alpha value is -1.07. The Morgan fingerprint density at radius 2 is 1.79 bits per heavy atom. The summed E-state index contributed by atoms with van der Waals surface area (Å²) in [4.78, 5) is 10.9. The molecule has 7 heteroatoms. The summed E-state index contributed by atoms with van der Waals surface area (Å²) in [7, 11) is 0. The Kier molecular flexibility index (Phi) is 6.32. The van der Waals surface area contributed by atoms with E-state index < -0.39 is 12.0 Å². The third kappa shape index (κ3) is 4.31. The molecule has 24 heavy (non-hydrogen) atoms. The monoisotopic (exact) mass is 553 g/mol. The lowest BCUT2D eigenvalue weighted by Crippen LogP contribution is -2.32. The van der Waals surface area contributed by atoms with Crippen LogP contribution >= 0.6 is 45.2 Å². The summed E-state index contributed by atoms with van der Waals surface area (Å²) < 4.78 is 7.79. The van der Waals surface area contributed by atoms with Gasteiger partial charge in [0.15, 0.2) is 5.75 Å². The van der Waals surface area contributed by atoms with Gasteiger partial charge in [0.25, 0.3) is 0 Å². The second kappa shape index (κ2) is 7.87. The number of aromatic hydroxyl groups is 1. The van der Waals surface area contributed by atoms with Crippen LogP contribution in [0.1, 0.15) is 16.7 Å². The summed E-state index contributed by atoms with van der Waals surface area (Å²) >= 11 is 4.32. The van der Waals surface area contributed by atoms with Crippen molar-refractivity contribution in [2.45, 2.75) is 26.3 Å². The van der Waals surface area contributed by atoms with Crippen LogP contribution in [0.3, 0.4) is 0 Å². The Morgan fingerprint density at radius 1 is 1.21 bits per heavy atom. The van der Waals surface area contributed by atoms with E-state index in [1.807, 2.05) is 26.0 Å². The largest absolute Gasteiger partial charge is 0.508 e. The molecule has 0 saturated heterocycles. The second-order valence-corrected chi connectivity index (χ2v) is 7.80. The van der Waals surface area contributed by atoms with Gasteiger partial charge >= 0.3 is 5.97 Å². The fourth-order valence-electron chi connectivity index (χ4n) is 2.17. The van der Waals surface area contributed by atoms with Gasteiger partial charge in [-0.25, -0.2) is 0 Å². The first-order valence-electron chi connectivity index (χ1n) is 7.14. The maximum atomic E-state index is 10.9. The Labute approximate surface area is 167 Å². The summed E-state index contributed by atoms with van der Waals surface area (Å²) in [5, 5.41) is 18.7. The summed E-state index contributed by atoms with van der Waals surface area (Å²) in [5.41, 5.74) is 8.11. The van der Waals surface area contributed by atoms with E-state index in [1.165, 1.54) is 0 Å². The molecule has 2 rings (SSSR count). The highest BCUT2D eigenvalue weighted by molar-refractivity contribution is 14.1. The molecular weight excluding hydrogens is 536 g/mol. The van der Waals surface area contributed by atoms with Gasteiger partial charge < -0.3 is 20.7 Å². The molecule has 2 aromatic carbocycles. The van der Waals surface area contributed by atoms with Crippen molar-refractivity contribution in [1.29, 1.82) is 0 Å². The van der Waals surface area contributed by atoms with Crippen LogP contribution in [-0.2, 0) is 11.2 Å². The number of hydrogen-bond donors (Lipinski definition) is 3. The molecule has 0 spiro atoms. The first-order valence-corrected chi connectivity index (χ1v) is 9.29. The molecule has 0 aliphatic heterocycles. The number of hydrogen-bond acceptors (Lipinski definition) is 4. The maximum absolute atomic E-state index is 10.9. The van der Waals surface area contributed by atoms with Crippen molar-refractivity contribution in [3.8, 4) is 17.2 Å². The van der Waals surface area contributed by atoms with Crippen molar-refractivity contribution in [2.24, 2.45) is 5.73 Å². The van der Waals surface area contributed by atoms with E-state index in [0.717, 1.165) is 23.8 Å². The molecule has 0 aliphatic carbocycles. The number of carboxylic acid groups (broad SMARTS) is 1. The lowest BCUT2D eigenvalue weighted by Gasteiger charge is -2.16. The summed E-state index contributed by atoms with van der Waals surface area (Å²) in [6.45, 7) is 3.73. The minimum absolute atomic E-state index is 0.238. The van der Waals surface area contributed by atoms with Gasteiger partial charge in [-0.05, 0) is 106 Å². The highest BCUT2D eigenvalue weighted by Crippen LogP contribution is 2.36. The molecule has 4 N–H and O–H groups in total. The van der Waals surface area contributed by atoms with Gasteiger partial charge in [-0.3, -0.25) is 4.79 Å². The molecule has 0 heterocycles. The molecule has 128 valence electrons. The third-order valence-corrected chi connectivity index (χ3v) is 5.35. The van der Waals surface area contributed by atoms with E-state index >= 15 is 0 Å². The van der Waals surface area contributed by atoms with Crippen LogP contribution in [0.2, 0.25) is 0 Å². The molecule has 0 amide bonds. The van der Waals surface area contributed by atoms with Crippen molar-refractivity contribution in [1.82, 2.24) is 0 Å². The number of halogens is 2. The van der Waals surface area contributed by atoms with Gasteiger partial charge in [0, 0.05) is 0 Å². The SMILES string of the molecule is Cc1c(O)ccc(Oc2c(I)cc(CC(N)C(=O)O)cc2I)c1C. The van der Waals surface area contributed by atoms with Crippen LogP contribution in [-0.4, -0.2) is 22.2 Å². The molecule has 0 aliphatic rings. The van der Waals surface area contributed by atoms with Crippen LogP contribution in [0.4, 0.5) is 0 Å². The van der Waals surface area contributed by atoms with Gasteiger partial charge in [0.05, 0.1) is 7.14 Å². The van der Waals surface area contributed by atoms with E-state index in [1.54, 1.807) is 12.1 Å². The molecule has 0 aromatic heterocycles. The van der Waals surface area contributed by atoms with Gasteiger partial charge in [0.2, 0.25) is 0 Å². The summed E-state index contributed by atoms with van der Waals surface area (Å²) in [5.74, 6) is 0.603. The van der Waals surface area contributed by atoms with Crippen LogP contribution in [0, 0.1) is 21.0 Å². The molecule has 0 saturated carbocycles. The Morgan fingerprint density at radius 3 is 2.33 bits per heavy atom. The van der Waals surface area contributed by atoms with Crippen molar-refractivity contribution in [3.05, 3.63) is 48.1 Å². The number of aliphatic carboxylic acids is 1. The van der Waals surface area contributed by atoms with Crippen LogP contribution < -0.4 is 10.5 Å². The predicted molar refractivity (Wildman–Crippen MR) is 109 cm³/mol. The fraction of sp³-hybridized carbons (Fsp3) is 0.235. The number of rotatable bonds is 5. The highest BCUT2D eigenvalue weighted by atomic mass is 127. The highest BCUT2D eigenvalue weighted by Gasteiger charge is 2.17. The molecular formula is C17H17I2NO4. The molecule has 0 bridgehead atoms. The number of nitrogens with two attached hydrogens (primary N) is 1. The summed E-state index contributed by atoms with van der Waals surface area (Å²) in [6, 6.07) is 6.17. The standard InChI is InChI=1S/C17H17I2NO4/c1-8-9(2)15(4-3-14(8)21)24-16-11(18)5-10(6-12(16)19)7-13(20)17(22)23/h3-6,13,21H,7,20H2,1-2H3,(H,22,23). The molecule has 0 radical (unpaired) electrons. The number of carboxylic acids is 1. The lowest BCUT2D eigenvalue weighted by atomic mass is 10.1. The molecule has 2 aromatic rings. The second-order valence-electron chi connectivity index (χ2n) is 5.47. The topological polar surface area (TPSA) is 92.8 Å². The zero-order valence-corrected chi connectivity index (χ0v) is 17.5. The van der Waals surface area contributed by atoms with Crippen molar-refractivity contribution < 1.29 is 19.7 Å². The summed E-state index contributed by atoms with van der Waals surface area (Å²) in [6.07, 6.45) is 0.263. The molecule has 1 unspecified atom stereocenters. The van der Waals surface area contributed by atoms with E-state index in [2.05, 4.69) is 45.2 Å². The van der Waals surface area contributed by atoms with Crippen LogP contribution in [0.25, 0.3) is 0 Å². The first-order chi connectivity index (χ1) is 11.2. The molecule has 5 nitrogen and oxygen atoms in total. The Bertz CT molecular complexity index is 769. The van der Waals surface area contributed by atoms with E-state index in [-0.39, 0.29) is 12.2 Å². The number of phenolic OH excluding ortho intramolecular Hbond substituents is 1. The van der Waals surface area contributed by atoms with E-state index in [9.17, 15) is 9.90 Å². The van der Waals surface area contributed by atoms with Crippen molar-refractivity contribution in [2.75, 3.05) is 0 Å². The van der Waals surface area contributed by atoms with Crippen LogP contribution in [0.15, 0.2) is 24.3 Å². The number of carbonyl (C=O) groups is 1. The quantitative estimate of drug-likeness (QED) is 0.488. The van der Waals surface area contributed by atoms with Gasteiger partial charge in [-0.15, -0.1) is 0 Å². The predicted octanol–water partition coefficient (Wildman–Crippen LogP) is 3.96. The van der Waals surface area contributed by atoms with Gasteiger partial charge in [-0.1, -0.05) is 0 Å². The lowest BCUT2D eigenvalue weighted by molar-refractivity contribution is -0.138.